The van der Waals surface area contributed by atoms with E-state index in [1.807, 2.05) is 0 Å². The number of imidazole rings is 1. The van der Waals surface area contributed by atoms with E-state index in [9.17, 15) is 0 Å². The third-order valence-corrected chi connectivity index (χ3v) is 5.61. The summed E-state index contributed by atoms with van der Waals surface area (Å²) in [5.41, 5.74) is 0.509. The zero-order valence-electron chi connectivity index (χ0n) is 10.8. The van der Waals surface area contributed by atoms with Crippen LogP contribution in [0.15, 0.2) is 18.7 Å². The summed E-state index contributed by atoms with van der Waals surface area (Å²) < 4.78 is 4.89. The molecule has 2 heteroatoms. The number of aryl methyl sites for hydroxylation is 1. The van der Waals surface area contributed by atoms with Crippen molar-refractivity contribution < 1.29 is 4.57 Å². The number of nitrogens with zero attached hydrogens (tertiary/aromatic N) is 2. The molecule has 0 saturated heterocycles. The van der Waals surface area contributed by atoms with Gasteiger partial charge >= 0.3 is 0 Å². The summed E-state index contributed by atoms with van der Waals surface area (Å²) in [7, 11) is 0. The average Bonchev–Trinajstić information content (AvgIpc) is 2.76. The van der Waals surface area contributed by atoms with Crippen LogP contribution in [0.2, 0.25) is 0 Å². The first-order valence-corrected chi connectivity index (χ1v) is 7.35. The average molecular weight is 231 g/mol. The minimum absolute atomic E-state index is 0.509. The Kier molecular flexibility index (Phi) is 2.01. The van der Waals surface area contributed by atoms with Crippen LogP contribution in [0, 0.1) is 17.8 Å². The molecule has 1 heterocycles. The lowest BCUT2D eigenvalue weighted by molar-refractivity contribution is -0.693. The van der Waals surface area contributed by atoms with E-state index >= 15 is 0 Å². The summed E-state index contributed by atoms with van der Waals surface area (Å²) >= 11 is 0. The highest BCUT2D eigenvalue weighted by atomic mass is 15.2. The Morgan fingerprint density at radius 1 is 1.12 bits per heavy atom. The Morgan fingerprint density at radius 3 is 2.18 bits per heavy atom. The summed E-state index contributed by atoms with van der Waals surface area (Å²) in [6, 6.07) is 0. The maximum Gasteiger partial charge on any atom is 0.244 e. The summed E-state index contributed by atoms with van der Waals surface area (Å²) in [4.78, 5) is 0. The number of aromatic nitrogens is 2. The predicted molar refractivity (Wildman–Crippen MR) is 66.4 cm³/mol. The van der Waals surface area contributed by atoms with Crippen molar-refractivity contribution in [2.45, 2.75) is 57.5 Å². The van der Waals surface area contributed by atoms with Gasteiger partial charge in [0.15, 0.2) is 0 Å². The Labute approximate surface area is 104 Å². The van der Waals surface area contributed by atoms with Crippen LogP contribution in [0.5, 0.6) is 0 Å². The van der Waals surface area contributed by atoms with Crippen molar-refractivity contribution in [1.29, 1.82) is 0 Å². The minimum Gasteiger partial charge on any atom is -0.237 e. The Balaban J connectivity index is 1.72. The Bertz CT molecular complexity index is 397. The third kappa shape index (κ3) is 1.42. The molecule has 4 fully saturated rings. The van der Waals surface area contributed by atoms with E-state index < -0.39 is 0 Å². The van der Waals surface area contributed by atoms with E-state index in [0.29, 0.717) is 5.54 Å². The van der Waals surface area contributed by atoms with Crippen molar-refractivity contribution in [3.63, 3.8) is 0 Å². The zero-order valence-corrected chi connectivity index (χ0v) is 10.8. The number of hydrogen-bond acceptors (Lipinski definition) is 0. The molecular weight excluding hydrogens is 208 g/mol. The monoisotopic (exact) mass is 231 g/mol. The lowest BCUT2D eigenvalue weighted by Crippen LogP contribution is -2.51. The second kappa shape index (κ2) is 3.37. The van der Waals surface area contributed by atoms with Gasteiger partial charge in [-0.3, -0.25) is 0 Å². The molecule has 4 bridgehead atoms. The van der Waals surface area contributed by atoms with Gasteiger partial charge in [-0.05, 0) is 63.2 Å². The van der Waals surface area contributed by atoms with Crippen LogP contribution < -0.4 is 4.57 Å². The zero-order chi connectivity index (χ0) is 11.5. The molecule has 0 spiro atoms. The topological polar surface area (TPSA) is 8.81 Å². The van der Waals surface area contributed by atoms with E-state index in [4.69, 9.17) is 0 Å². The fourth-order valence-corrected chi connectivity index (χ4v) is 5.24. The summed E-state index contributed by atoms with van der Waals surface area (Å²) in [6.45, 7) is 3.32. The smallest absolute Gasteiger partial charge is 0.237 e. The van der Waals surface area contributed by atoms with Gasteiger partial charge in [0.1, 0.15) is 17.9 Å². The molecule has 17 heavy (non-hydrogen) atoms. The number of rotatable bonds is 2. The lowest BCUT2D eigenvalue weighted by atomic mass is 9.53. The van der Waals surface area contributed by atoms with Gasteiger partial charge in [0, 0.05) is 0 Å². The second-order valence-electron chi connectivity index (χ2n) is 6.79. The van der Waals surface area contributed by atoms with Gasteiger partial charge in [-0.15, -0.1) is 0 Å². The molecule has 4 saturated carbocycles. The van der Waals surface area contributed by atoms with E-state index in [2.05, 4.69) is 34.8 Å². The van der Waals surface area contributed by atoms with Crippen molar-refractivity contribution in [3.8, 4) is 0 Å². The minimum atomic E-state index is 0.509. The fraction of sp³-hybridized carbons (Fsp3) is 0.800. The molecule has 92 valence electrons. The van der Waals surface area contributed by atoms with Crippen LogP contribution in [0.1, 0.15) is 45.4 Å². The molecule has 0 amide bonds. The van der Waals surface area contributed by atoms with Crippen molar-refractivity contribution in [3.05, 3.63) is 18.7 Å². The van der Waals surface area contributed by atoms with Gasteiger partial charge in [-0.1, -0.05) is 0 Å². The maximum absolute atomic E-state index is 2.57. The van der Waals surface area contributed by atoms with Crippen LogP contribution in [0.25, 0.3) is 0 Å². The summed E-state index contributed by atoms with van der Waals surface area (Å²) in [5.74, 6) is 3.12. The van der Waals surface area contributed by atoms with E-state index in [0.717, 1.165) is 24.3 Å². The van der Waals surface area contributed by atoms with Crippen LogP contribution >= 0.6 is 0 Å². The van der Waals surface area contributed by atoms with E-state index in [1.165, 1.54) is 38.5 Å². The molecule has 5 rings (SSSR count). The molecule has 0 atom stereocenters. The second-order valence-corrected chi connectivity index (χ2v) is 6.79. The highest BCUT2D eigenvalue weighted by Crippen LogP contribution is 2.58. The van der Waals surface area contributed by atoms with Crippen LogP contribution in [-0.4, -0.2) is 4.57 Å². The van der Waals surface area contributed by atoms with Crippen LogP contribution in [0.3, 0.4) is 0 Å². The maximum atomic E-state index is 2.57. The van der Waals surface area contributed by atoms with Crippen molar-refractivity contribution >= 4 is 0 Å². The highest BCUT2D eigenvalue weighted by Gasteiger charge is 2.54. The lowest BCUT2D eigenvalue weighted by Gasteiger charge is -2.54. The molecule has 0 aromatic carbocycles. The first-order valence-electron chi connectivity index (χ1n) is 7.35. The largest absolute Gasteiger partial charge is 0.244 e. The van der Waals surface area contributed by atoms with Gasteiger partial charge in [0.2, 0.25) is 6.33 Å². The van der Waals surface area contributed by atoms with Gasteiger partial charge in [0.05, 0.1) is 6.54 Å². The molecule has 2 nitrogen and oxygen atoms in total. The fourth-order valence-electron chi connectivity index (χ4n) is 5.24. The standard InChI is InChI=1S/C15H23N2/c1-2-16-3-4-17(11-16)15-8-12-5-13(9-15)7-14(6-12)10-15/h3-4,11-14H,2,5-10H2,1H3/q+1. The summed E-state index contributed by atoms with van der Waals surface area (Å²) in [6.07, 6.45) is 15.9. The SMILES string of the molecule is CC[n+]1ccn(C23CC4CC(CC(C4)C2)C3)c1. The molecule has 0 aliphatic heterocycles. The quantitative estimate of drug-likeness (QED) is 0.692. The normalized spacial score (nSPS) is 43.2. The molecule has 4 aliphatic rings. The third-order valence-electron chi connectivity index (χ3n) is 5.61. The number of hydrogen-bond donors (Lipinski definition) is 0. The van der Waals surface area contributed by atoms with Gasteiger partial charge < -0.3 is 0 Å². The van der Waals surface area contributed by atoms with Crippen LogP contribution in [-0.2, 0) is 12.1 Å². The van der Waals surface area contributed by atoms with Crippen LogP contribution in [0.4, 0.5) is 0 Å². The molecule has 1 aromatic heterocycles. The van der Waals surface area contributed by atoms with E-state index in [-0.39, 0.29) is 0 Å². The van der Waals surface area contributed by atoms with E-state index in [1.54, 1.807) is 0 Å². The Morgan fingerprint density at radius 2 is 1.71 bits per heavy atom. The summed E-state index contributed by atoms with van der Waals surface area (Å²) in [5, 5.41) is 0. The molecule has 4 aliphatic carbocycles. The molecule has 0 N–H and O–H groups in total. The molecule has 0 unspecified atom stereocenters. The predicted octanol–water partition coefficient (Wildman–Crippen LogP) is 2.72. The molecule has 1 aromatic rings. The molecular formula is C15H23N2+. The van der Waals surface area contributed by atoms with Gasteiger partial charge in [-0.25, -0.2) is 9.13 Å². The van der Waals surface area contributed by atoms with Crippen molar-refractivity contribution in [2.75, 3.05) is 0 Å². The highest BCUT2D eigenvalue weighted by molar-refractivity contribution is 5.05. The van der Waals surface area contributed by atoms with Gasteiger partial charge in [-0.2, -0.15) is 0 Å². The Hall–Kier alpha value is -0.790. The first kappa shape index (κ1) is 10.2. The first-order chi connectivity index (χ1) is 8.27. The van der Waals surface area contributed by atoms with Crippen molar-refractivity contribution in [1.82, 2.24) is 4.57 Å². The van der Waals surface area contributed by atoms with Gasteiger partial charge in [0.25, 0.3) is 0 Å². The molecule has 0 radical (unpaired) electrons. The van der Waals surface area contributed by atoms with Crippen molar-refractivity contribution in [2.24, 2.45) is 17.8 Å².